The second-order valence-corrected chi connectivity index (χ2v) is 9.60. The van der Waals surface area contributed by atoms with Crippen LogP contribution in [0, 0.1) is 51.8 Å². The number of fused-ring (bicyclic) bond motifs is 8. The second kappa shape index (κ2) is 4.78. The van der Waals surface area contributed by atoms with Gasteiger partial charge in [-0.15, -0.1) is 0 Å². The van der Waals surface area contributed by atoms with Gasteiger partial charge in [0.15, 0.2) is 0 Å². The van der Waals surface area contributed by atoms with Crippen LogP contribution in [0.15, 0.2) is 72.9 Å². The zero-order valence-corrected chi connectivity index (χ0v) is 15.9. The van der Waals surface area contributed by atoms with Gasteiger partial charge in [-0.1, -0.05) is 101 Å². The summed E-state index contributed by atoms with van der Waals surface area (Å²) < 4.78 is 0. The molecule has 5 aliphatic carbocycles. The Morgan fingerprint density at radius 2 is 1.24 bits per heavy atom. The van der Waals surface area contributed by atoms with Gasteiger partial charge in [0, 0.05) is 10.8 Å². The van der Waals surface area contributed by atoms with Crippen LogP contribution < -0.4 is 0 Å². The molecule has 5 rings (SSSR count). The maximum atomic E-state index is 2.62. The van der Waals surface area contributed by atoms with Gasteiger partial charge in [-0.2, -0.15) is 0 Å². The van der Waals surface area contributed by atoms with Gasteiger partial charge in [-0.3, -0.25) is 0 Å². The van der Waals surface area contributed by atoms with Crippen LogP contribution in [0.3, 0.4) is 0 Å². The second-order valence-electron chi connectivity index (χ2n) is 9.60. The maximum absolute atomic E-state index is 2.62. The SMILES string of the molecule is CC1C2C=CC=CC2C2C3C=CC=CC3C3(C)C=CC=CC3(C)C12C. The summed E-state index contributed by atoms with van der Waals surface area (Å²) in [6.07, 6.45) is 28.9. The Balaban J connectivity index is 1.79. The van der Waals surface area contributed by atoms with E-state index in [1.54, 1.807) is 0 Å². The normalized spacial score (nSPS) is 57.1. The van der Waals surface area contributed by atoms with Crippen molar-refractivity contribution in [3.8, 4) is 0 Å². The van der Waals surface area contributed by atoms with Crippen LogP contribution in [0.4, 0.5) is 0 Å². The summed E-state index contributed by atoms with van der Waals surface area (Å²) in [5.41, 5.74) is 0.636. The predicted molar refractivity (Wildman–Crippen MR) is 106 cm³/mol. The number of hydrogen-bond acceptors (Lipinski definition) is 0. The molecule has 0 aliphatic heterocycles. The third-order valence-corrected chi connectivity index (χ3v) is 9.36. The van der Waals surface area contributed by atoms with Crippen LogP contribution in [-0.4, -0.2) is 0 Å². The van der Waals surface area contributed by atoms with Crippen molar-refractivity contribution >= 4 is 0 Å². The Bertz CT molecular complexity index is 774. The summed E-state index contributed by atoms with van der Waals surface area (Å²) in [6, 6.07) is 0. The summed E-state index contributed by atoms with van der Waals surface area (Å²) in [7, 11) is 0. The zero-order valence-electron chi connectivity index (χ0n) is 15.9. The Labute approximate surface area is 152 Å². The molecule has 0 heterocycles. The predicted octanol–water partition coefficient (Wildman–Crippen LogP) is 6.13. The van der Waals surface area contributed by atoms with E-state index in [4.69, 9.17) is 0 Å². The molecular formula is C25H30. The average molecular weight is 331 g/mol. The van der Waals surface area contributed by atoms with Crippen molar-refractivity contribution in [2.45, 2.75) is 27.7 Å². The molecule has 9 unspecified atom stereocenters. The van der Waals surface area contributed by atoms with Crippen LogP contribution in [0.2, 0.25) is 0 Å². The van der Waals surface area contributed by atoms with Gasteiger partial charge in [0.25, 0.3) is 0 Å². The molecule has 130 valence electrons. The number of allylic oxidation sites excluding steroid dienone is 12. The maximum Gasteiger partial charge on any atom is 0.00189 e. The van der Waals surface area contributed by atoms with Crippen LogP contribution >= 0.6 is 0 Å². The molecule has 25 heavy (non-hydrogen) atoms. The van der Waals surface area contributed by atoms with E-state index in [1.807, 2.05) is 0 Å². The Morgan fingerprint density at radius 1 is 0.640 bits per heavy atom. The van der Waals surface area contributed by atoms with Crippen molar-refractivity contribution in [1.82, 2.24) is 0 Å². The van der Waals surface area contributed by atoms with Crippen LogP contribution in [0.25, 0.3) is 0 Å². The van der Waals surface area contributed by atoms with Crippen LogP contribution in [0.1, 0.15) is 27.7 Å². The molecule has 0 radical (unpaired) electrons. The topological polar surface area (TPSA) is 0 Å². The van der Waals surface area contributed by atoms with Crippen molar-refractivity contribution in [3.63, 3.8) is 0 Å². The molecule has 0 amide bonds. The van der Waals surface area contributed by atoms with Gasteiger partial charge < -0.3 is 0 Å². The van der Waals surface area contributed by atoms with Crippen molar-refractivity contribution in [1.29, 1.82) is 0 Å². The highest BCUT2D eigenvalue weighted by Gasteiger charge is 2.72. The average Bonchev–Trinajstić information content (AvgIpc) is 2.87. The fraction of sp³-hybridized carbons (Fsp3) is 0.520. The molecule has 2 fully saturated rings. The largest absolute Gasteiger partial charge is 0.0805 e. The molecule has 0 aromatic rings. The molecule has 9 atom stereocenters. The minimum absolute atomic E-state index is 0.175. The van der Waals surface area contributed by atoms with Gasteiger partial charge in [-0.25, -0.2) is 0 Å². The number of hydrogen-bond donors (Lipinski definition) is 0. The first kappa shape index (κ1) is 15.7. The first-order chi connectivity index (χ1) is 12.0. The van der Waals surface area contributed by atoms with E-state index >= 15 is 0 Å². The Hall–Kier alpha value is -1.56. The van der Waals surface area contributed by atoms with Crippen LogP contribution in [-0.2, 0) is 0 Å². The molecule has 0 heteroatoms. The highest BCUT2D eigenvalue weighted by atomic mass is 14.7. The van der Waals surface area contributed by atoms with Crippen LogP contribution in [0.5, 0.6) is 0 Å². The molecule has 5 aliphatic rings. The van der Waals surface area contributed by atoms with E-state index in [-0.39, 0.29) is 16.2 Å². The number of rotatable bonds is 0. The summed E-state index contributed by atoms with van der Waals surface area (Å²) in [5.74, 6) is 3.97. The minimum atomic E-state index is 0.175. The van der Waals surface area contributed by atoms with E-state index in [1.165, 1.54) is 0 Å². The summed E-state index contributed by atoms with van der Waals surface area (Å²) >= 11 is 0. The fourth-order valence-corrected chi connectivity index (χ4v) is 7.72. The summed E-state index contributed by atoms with van der Waals surface area (Å²) in [6.45, 7) is 10.2. The third kappa shape index (κ3) is 1.56. The fourth-order valence-electron chi connectivity index (χ4n) is 7.72. The highest BCUT2D eigenvalue weighted by molar-refractivity contribution is 5.40. The molecule has 0 N–H and O–H groups in total. The molecule has 2 saturated carbocycles. The molecular weight excluding hydrogens is 300 g/mol. The molecule has 0 nitrogen and oxygen atoms in total. The third-order valence-electron chi connectivity index (χ3n) is 9.36. The van der Waals surface area contributed by atoms with Gasteiger partial charge in [0.2, 0.25) is 0 Å². The summed E-state index contributed by atoms with van der Waals surface area (Å²) in [5, 5.41) is 0. The lowest BCUT2D eigenvalue weighted by Gasteiger charge is -2.67. The monoisotopic (exact) mass is 330 g/mol. The molecule has 0 aromatic heterocycles. The first-order valence-corrected chi connectivity index (χ1v) is 10.0. The molecule has 0 aromatic carbocycles. The van der Waals surface area contributed by atoms with E-state index in [2.05, 4.69) is 101 Å². The first-order valence-electron chi connectivity index (χ1n) is 10.0. The highest BCUT2D eigenvalue weighted by Crippen LogP contribution is 2.76. The summed E-state index contributed by atoms with van der Waals surface area (Å²) in [4.78, 5) is 0. The van der Waals surface area contributed by atoms with Crippen molar-refractivity contribution in [2.24, 2.45) is 51.8 Å². The van der Waals surface area contributed by atoms with Crippen molar-refractivity contribution < 1.29 is 0 Å². The van der Waals surface area contributed by atoms with E-state index in [0.29, 0.717) is 35.5 Å². The molecule has 0 saturated heterocycles. The van der Waals surface area contributed by atoms with Crippen molar-refractivity contribution in [3.05, 3.63) is 72.9 Å². The lowest BCUT2D eigenvalue weighted by Crippen LogP contribution is -2.62. The lowest BCUT2D eigenvalue weighted by molar-refractivity contribution is -0.136. The minimum Gasteiger partial charge on any atom is -0.0805 e. The van der Waals surface area contributed by atoms with Gasteiger partial charge >= 0.3 is 0 Å². The van der Waals surface area contributed by atoms with E-state index in [0.717, 1.165) is 0 Å². The molecule has 0 bridgehead atoms. The van der Waals surface area contributed by atoms with E-state index < -0.39 is 0 Å². The zero-order chi connectivity index (χ0) is 17.4. The van der Waals surface area contributed by atoms with Crippen molar-refractivity contribution in [2.75, 3.05) is 0 Å². The van der Waals surface area contributed by atoms with Gasteiger partial charge in [-0.05, 0) is 40.9 Å². The standard InChI is InChI=1S/C25H30/c1-17-18-11-5-6-12-19(18)22-20-13-7-8-14-21(20)23(2)15-9-10-16-24(23,3)25(17,22)4/h5-22H,1-4H3. The smallest absolute Gasteiger partial charge is 0.00189 e. The Kier molecular flexibility index (Phi) is 3.00. The Morgan fingerprint density at radius 3 is 2.00 bits per heavy atom. The molecule has 0 spiro atoms. The van der Waals surface area contributed by atoms with Gasteiger partial charge in [0.05, 0.1) is 0 Å². The van der Waals surface area contributed by atoms with Gasteiger partial charge in [0.1, 0.15) is 0 Å². The lowest BCUT2D eigenvalue weighted by atomic mass is 9.36. The quantitative estimate of drug-likeness (QED) is 0.501. The van der Waals surface area contributed by atoms with E-state index in [9.17, 15) is 0 Å².